The lowest BCUT2D eigenvalue weighted by atomic mass is 9.88. The predicted molar refractivity (Wildman–Crippen MR) is 145 cm³/mol. The first kappa shape index (κ1) is 20.6. The van der Waals surface area contributed by atoms with E-state index in [2.05, 4.69) is 58.0 Å². The van der Waals surface area contributed by atoms with Gasteiger partial charge in [0.1, 0.15) is 0 Å². The molecule has 2 atom stereocenters. The van der Waals surface area contributed by atoms with E-state index < -0.39 is 0 Å². The highest BCUT2D eigenvalue weighted by molar-refractivity contribution is 6.09. The van der Waals surface area contributed by atoms with Crippen LogP contribution in [0.15, 0.2) is 116 Å². The van der Waals surface area contributed by atoms with E-state index in [1.54, 1.807) is 0 Å². The molecule has 0 saturated carbocycles. The highest BCUT2D eigenvalue weighted by Gasteiger charge is 2.41. The molecular weight excluding hydrogens is 444 g/mol. The lowest BCUT2D eigenvalue weighted by Gasteiger charge is -2.43. The van der Waals surface area contributed by atoms with E-state index in [0.29, 0.717) is 5.56 Å². The minimum atomic E-state index is -0.289. The Bertz CT molecular complexity index is 1710. The van der Waals surface area contributed by atoms with Crippen LogP contribution in [0, 0.1) is 0 Å². The van der Waals surface area contributed by atoms with Crippen LogP contribution in [0.3, 0.4) is 0 Å². The number of H-pyrrole nitrogens is 2. The molecule has 3 heterocycles. The van der Waals surface area contributed by atoms with Crippen LogP contribution in [-0.2, 0) is 0 Å². The van der Waals surface area contributed by atoms with Crippen LogP contribution in [0.4, 0.5) is 11.4 Å². The van der Waals surface area contributed by atoms with Crippen LogP contribution in [0.1, 0.15) is 33.6 Å². The third-order valence-electron chi connectivity index (χ3n) is 7.20. The summed E-state index contributed by atoms with van der Waals surface area (Å²) < 4.78 is 0. The number of carbonyl (C=O) groups excluding carboxylic acids is 1. The van der Waals surface area contributed by atoms with Crippen molar-refractivity contribution in [2.75, 3.05) is 10.2 Å². The number of benzene rings is 4. The summed E-state index contributed by atoms with van der Waals surface area (Å²) in [5.74, 6) is -0.0235. The van der Waals surface area contributed by atoms with E-state index in [-0.39, 0.29) is 18.0 Å². The highest BCUT2D eigenvalue weighted by atomic mass is 16.2. The molecule has 5 nitrogen and oxygen atoms in total. The van der Waals surface area contributed by atoms with E-state index in [0.717, 1.165) is 44.3 Å². The Morgan fingerprint density at radius 2 is 1.22 bits per heavy atom. The first-order valence-corrected chi connectivity index (χ1v) is 12.2. The number of nitrogens with one attached hydrogen (secondary N) is 3. The molecule has 0 saturated heterocycles. The lowest BCUT2D eigenvalue weighted by Crippen LogP contribution is -2.43. The van der Waals surface area contributed by atoms with Gasteiger partial charge in [0.15, 0.2) is 0 Å². The highest BCUT2D eigenvalue weighted by Crippen LogP contribution is 2.49. The summed E-state index contributed by atoms with van der Waals surface area (Å²) in [6.07, 6.45) is 4.13. The smallest absolute Gasteiger partial charge is 0.259 e. The van der Waals surface area contributed by atoms with Gasteiger partial charge in [0.05, 0.1) is 23.5 Å². The number of hydrogen-bond donors (Lipinski definition) is 3. The van der Waals surface area contributed by atoms with Crippen molar-refractivity contribution < 1.29 is 4.79 Å². The maximum Gasteiger partial charge on any atom is 0.259 e. The molecule has 174 valence electrons. The number of amides is 1. The van der Waals surface area contributed by atoms with Crippen molar-refractivity contribution in [3.05, 3.63) is 132 Å². The summed E-state index contributed by atoms with van der Waals surface area (Å²) in [4.78, 5) is 23.1. The van der Waals surface area contributed by atoms with E-state index in [1.807, 2.05) is 77.7 Å². The van der Waals surface area contributed by atoms with Gasteiger partial charge in [-0.3, -0.25) is 9.69 Å². The number of hydrogen-bond acceptors (Lipinski definition) is 2. The second-order valence-electron chi connectivity index (χ2n) is 9.20. The topological polar surface area (TPSA) is 63.9 Å². The Morgan fingerprint density at radius 3 is 1.97 bits per heavy atom. The van der Waals surface area contributed by atoms with Crippen molar-refractivity contribution in [3.8, 4) is 0 Å². The standard InChI is InChI=1S/C31H24N4O/c36-31(20-10-2-1-3-11-20)35-28-17-9-8-16-27(28)34-29(23-18-32-25-14-6-4-12-21(23)25)30(35)24-19-33-26-15-7-5-13-22(24)26/h1-19,29-30,32-34H/t29-,30-/m1/s1. The summed E-state index contributed by atoms with van der Waals surface area (Å²) in [6.45, 7) is 0. The fourth-order valence-corrected chi connectivity index (χ4v) is 5.56. The number of aromatic amines is 2. The Balaban J connectivity index is 1.51. The van der Waals surface area contributed by atoms with Crippen molar-refractivity contribution in [1.29, 1.82) is 0 Å². The molecule has 1 aliphatic rings. The van der Waals surface area contributed by atoms with Gasteiger partial charge >= 0.3 is 0 Å². The fourth-order valence-electron chi connectivity index (χ4n) is 5.56. The average molecular weight is 469 g/mol. The van der Waals surface area contributed by atoms with Gasteiger partial charge in [-0.1, -0.05) is 66.7 Å². The normalized spacial score (nSPS) is 17.2. The first-order valence-electron chi connectivity index (χ1n) is 12.2. The van der Waals surface area contributed by atoms with Gasteiger partial charge < -0.3 is 15.3 Å². The number of para-hydroxylation sites is 4. The molecule has 0 aliphatic carbocycles. The zero-order valence-electron chi connectivity index (χ0n) is 19.5. The van der Waals surface area contributed by atoms with Crippen LogP contribution in [0.5, 0.6) is 0 Å². The summed E-state index contributed by atoms with van der Waals surface area (Å²) in [5.41, 5.74) is 6.80. The zero-order chi connectivity index (χ0) is 24.1. The summed E-state index contributed by atoms with van der Waals surface area (Å²) in [6, 6.07) is 33.8. The first-order chi connectivity index (χ1) is 17.8. The molecule has 3 N–H and O–H groups in total. The van der Waals surface area contributed by atoms with Gasteiger partial charge in [-0.25, -0.2) is 0 Å². The van der Waals surface area contributed by atoms with E-state index in [4.69, 9.17) is 0 Å². The van der Waals surface area contributed by atoms with Crippen LogP contribution in [0.25, 0.3) is 21.8 Å². The van der Waals surface area contributed by atoms with Gasteiger partial charge in [-0.2, -0.15) is 0 Å². The number of fused-ring (bicyclic) bond motifs is 3. The van der Waals surface area contributed by atoms with Crippen molar-refractivity contribution in [2.45, 2.75) is 12.1 Å². The van der Waals surface area contributed by atoms with Gasteiger partial charge in [-0.15, -0.1) is 0 Å². The maximum absolute atomic E-state index is 14.3. The summed E-state index contributed by atoms with van der Waals surface area (Å²) >= 11 is 0. The van der Waals surface area contributed by atoms with Gasteiger partial charge in [-0.05, 0) is 36.4 Å². The van der Waals surface area contributed by atoms with Crippen molar-refractivity contribution in [1.82, 2.24) is 9.97 Å². The molecule has 2 aromatic heterocycles. The lowest BCUT2D eigenvalue weighted by molar-refractivity contribution is 0.0972. The maximum atomic E-state index is 14.3. The second kappa shape index (κ2) is 8.17. The zero-order valence-corrected chi connectivity index (χ0v) is 19.5. The molecule has 6 aromatic rings. The number of rotatable bonds is 3. The Labute approximate surface area is 208 Å². The van der Waals surface area contributed by atoms with E-state index in [1.165, 1.54) is 0 Å². The van der Waals surface area contributed by atoms with Crippen LogP contribution in [0.2, 0.25) is 0 Å². The van der Waals surface area contributed by atoms with Gasteiger partial charge in [0.25, 0.3) is 5.91 Å². The minimum Gasteiger partial charge on any atom is -0.374 e. The van der Waals surface area contributed by atoms with E-state index in [9.17, 15) is 4.79 Å². The molecule has 0 bridgehead atoms. The molecule has 0 spiro atoms. The van der Waals surface area contributed by atoms with Crippen LogP contribution < -0.4 is 10.2 Å². The summed E-state index contributed by atoms with van der Waals surface area (Å²) in [5, 5.41) is 6.06. The molecule has 0 unspecified atom stereocenters. The van der Waals surface area contributed by atoms with Crippen LogP contribution in [-0.4, -0.2) is 15.9 Å². The van der Waals surface area contributed by atoms with Crippen molar-refractivity contribution >= 4 is 39.1 Å². The molecule has 5 heteroatoms. The molecular formula is C31H24N4O. The Morgan fingerprint density at radius 1 is 0.639 bits per heavy atom. The SMILES string of the molecule is O=C(c1ccccc1)N1c2ccccc2N[C@H](c2c[nH]c3ccccc23)[C@H]1c1c[nH]c2ccccc12. The number of carbonyl (C=O) groups is 1. The third kappa shape index (κ3) is 3.13. The van der Waals surface area contributed by atoms with E-state index >= 15 is 0 Å². The average Bonchev–Trinajstić information content (AvgIpc) is 3.57. The fraction of sp³-hybridized carbons (Fsp3) is 0.0645. The number of aromatic nitrogens is 2. The van der Waals surface area contributed by atoms with Crippen molar-refractivity contribution in [3.63, 3.8) is 0 Å². The molecule has 36 heavy (non-hydrogen) atoms. The number of anilines is 2. The predicted octanol–water partition coefficient (Wildman–Crippen LogP) is 7.20. The molecule has 0 fully saturated rings. The second-order valence-corrected chi connectivity index (χ2v) is 9.20. The third-order valence-corrected chi connectivity index (χ3v) is 7.20. The van der Waals surface area contributed by atoms with Gasteiger partial charge in [0, 0.05) is 50.9 Å². The molecule has 1 aliphatic heterocycles. The largest absolute Gasteiger partial charge is 0.374 e. The van der Waals surface area contributed by atoms with Crippen molar-refractivity contribution in [2.24, 2.45) is 0 Å². The molecule has 0 radical (unpaired) electrons. The minimum absolute atomic E-state index is 0.0235. The Hall–Kier alpha value is -4.77. The number of nitrogens with zero attached hydrogens (tertiary/aromatic N) is 1. The molecule has 4 aromatic carbocycles. The summed E-state index contributed by atoms with van der Waals surface area (Å²) in [7, 11) is 0. The monoisotopic (exact) mass is 468 g/mol. The quantitative estimate of drug-likeness (QED) is 0.257. The van der Waals surface area contributed by atoms with Gasteiger partial charge in [0.2, 0.25) is 0 Å². The Kier molecular flexibility index (Phi) is 4.67. The molecule has 1 amide bonds. The molecule has 7 rings (SSSR count). The van der Waals surface area contributed by atoms with Crippen LogP contribution >= 0.6 is 0 Å².